The zero-order chi connectivity index (χ0) is 26.9. The number of rotatable bonds is 5. The fourth-order valence-electron chi connectivity index (χ4n) is 6.64. The van der Waals surface area contributed by atoms with Crippen molar-refractivity contribution in [1.82, 2.24) is 9.80 Å². The minimum Gasteiger partial charge on any atom is -0.504 e. The number of phenols is 1. The maximum absolute atomic E-state index is 14.5. The van der Waals surface area contributed by atoms with Gasteiger partial charge < -0.3 is 34.1 Å². The number of methoxy groups -OCH3 is 4. The van der Waals surface area contributed by atoms with E-state index in [0.29, 0.717) is 40.4 Å². The molecule has 3 aliphatic heterocycles. The number of amides is 1. The van der Waals surface area contributed by atoms with Gasteiger partial charge in [-0.2, -0.15) is 0 Å². The molecule has 3 heterocycles. The van der Waals surface area contributed by atoms with Gasteiger partial charge in [-0.15, -0.1) is 0 Å². The van der Waals surface area contributed by atoms with Crippen molar-refractivity contribution in [2.24, 2.45) is 0 Å². The average Bonchev–Trinajstić information content (AvgIpc) is 2.87. The van der Waals surface area contributed by atoms with E-state index in [0.717, 1.165) is 11.1 Å². The Morgan fingerprint density at radius 3 is 2.11 bits per heavy atom. The van der Waals surface area contributed by atoms with Gasteiger partial charge in [0.25, 0.3) is 0 Å². The predicted octanol–water partition coefficient (Wildman–Crippen LogP) is 2.08. The topological polar surface area (TPSA) is 118 Å². The van der Waals surface area contributed by atoms with Gasteiger partial charge in [0.2, 0.25) is 5.91 Å². The Morgan fingerprint density at radius 2 is 1.54 bits per heavy atom. The van der Waals surface area contributed by atoms with Crippen molar-refractivity contribution in [1.29, 1.82) is 0 Å². The summed E-state index contributed by atoms with van der Waals surface area (Å²) in [5, 5.41) is 22.0. The highest BCUT2D eigenvalue weighted by Gasteiger charge is 2.59. The molecule has 0 spiro atoms. The van der Waals surface area contributed by atoms with Gasteiger partial charge in [-0.25, -0.2) is 0 Å². The molecular weight excluding hydrogens is 480 g/mol. The van der Waals surface area contributed by atoms with Crippen LogP contribution < -0.4 is 18.9 Å². The predicted molar refractivity (Wildman–Crippen MR) is 133 cm³/mol. The van der Waals surface area contributed by atoms with E-state index in [4.69, 9.17) is 18.9 Å². The highest BCUT2D eigenvalue weighted by Crippen LogP contribution is 2.56. The second-order valence-electron chi connectivity index (χ2n) is 9.74. The number of benzene rings is 2. The van der Waals surface area contributed by atoms with Crippen LogP contribution in [-0.4, -0.2) is 85.9 Å². The molecule has 2 unspecified atom stereocenters. The Balaban J connectivity index is 1.84. The van der Waals surface area contributed by atoms with Crippen molar-refractivity contribution in [2.75, 3.05) is 42.1 Å². The Morgan fingerprint density at radius 1 is 0.919 bits per heavy atom. The lowest BCUT2D eigenvalue weighted by Gasteiger charge is -2.56. The summed E-state index contributed by atoms with van der Waals surface area (Å²) in [6.45, 7) is 3.14. The molecule has 37 heavy (non-hydrogen) atoms. The number of carbonyl (C=O) groups is 2. The van der Waals surface area contributed by atoms with Crippen molar-refractivity contribution in [3.05, 3.63) is 39.4 Å². The number of aryl methyl sites for hydroxylation is 1. The molecular formula is C27H32N2O8. The summed E-state index contributed by atoms with van der Waals surface area (Å²) in [4.78, 5) is 31.8. The highest BCUT2D eigenvalue weighted by molar-refractivity contribution is 6.10. The number of piperazine rings is 1. The lowest BCUT2D eigenvalue weighted by atomic mass is 9.73. The minimum absolute atomic E-state index is 0.0447. The monoisotopic (exact) mass is 512 g/mol. The van der Waals surface area contributed by atoms with Crippen LogP contribution in [0.1, 0.15) is 50.3 Å². The number of aliphatic hydroxyl groups is 1. The molecule has 0 radical (unpaired) electrons. The summed E-state index contributed by atoms with van der Waals surface area (Å²) in [5.41, 5.74) is 3.25. The van der Waals surface area contributed by atoms with Gasteiger partial charge in [0, 0.05) is 16.7 Å². The first kappa shape index (κ1) is 25.2. The number of Topliss-reactive ketones (excluding diaryl/α,β-unsaturated/α-hetero) is 1. The van der Waals surface area contributed by atoms with E-state index in [2.05, 4.69) is 0 Å². The molecule has 5 rings (SSSR count). The Bertz CT molecular complexity index is 1320. The minimum atomic E-state index is -1.03. The summed E-state index contributed by atoms with van der Waals surface area (Å²) in [6, 6.07) is -1.26. The lowest BCUT2D eigenvalue weighted by Crippen LogP contribution is -2.68. The molecule has 10 nitrogen and oxygen atoms in total. The van der Waals surface area contributed by atoms with Crippen LogP contribution in [0.2, 0.25) is 0 Å². The second kappa shape index (κ2) is 8.81. The lowest BCUT2D eigenvalue weighted by molar-refractivity contribution is -0.155. The number of aromatic hydroxyl groups is 1. The fraction of sp³-hybridized carbons (Fsp3) is 0.481. The first-order valence-corrected chi connectivity index (χ1v) is 12.1. The van der Waals surface area contributed by atoms with Crippen molar-refractivity contribution < 1.29 is 38.7 Å². The third-order valence-corrected chi connectivity index (χ3v) is 8.14. The number of likely N-dealkylation sites (N-methyl/N-ethyl adjacent to an activating group) is 1. The molecule has 2 aromatic carbocycles. The second-order valence-corrected chi connectivity index (χ2v) is 9.74. The number of ether oxygens (including phenoxy) is 4. The van der Waals surface area contributed by atoms with Gasteiger partial charge in [-0.05, 0) is 38.4 Å². The molecule has 3 aliphatic rings. The Hall–Kier alpha value is -3.50. The SMILES string of the molecule is COc1c(C)cc2c(c1O)C1C3C(=O)c4c(OC)c(C)c(OC)c(OC)c4[C@H](CO)N3C(=O)[C@H](C2)N1C. The molecule has 1 fully saturated rings. The van der Waals surface area contributed by atoms with Gasteiger partial charge >= 0.3 is 0 Å². The molecule has 2 aromatic rings. The van der Waals surface area contributed by atoms with Gasteiger partial charge in [0.1, 0.15) is 11.8 Å². The average molecular weight is 513 g/mol. The molecule has 0 saturated carbocycles. The van der Waals surface area contributed by atoms with E-state index in [-0.39, 0.29) is 28.8 Å². The summed E-state index contributed by atoms with van der Waals surface area (Å²) >= 11 is 0. The molecule has 2 bridgehead atoms. The van der Waals surface area contributed by atoms with Gasteiger partial charge in [0.15, 0.2) is 28.8 Å². The number of ketones is 1. The van der Waals surface area contributed by atoms with Crippen molar-refractivity contribution in [2.45, 2.75) is 44.4 Å². The molecule has 198 valence electrons. The Kier molecular flexibility index (Phi) is 5.99. The maximum atomic E-state index is 14.5. The quantitative estimate of drug-likeness (QED) is 0.621. The van der Waals surface area contributed by atoms with E-state index in [9.17, 15) is 19.8 Å². The molecule has 0 aliphatic carbocycles. The normalized spacial score (nSPS) is 24.3. The number of hydrogen-bond donors (Lipinski definition) is 2. The number of carbonyl (C=O) groups excluding carboxylic acids is 2. The van der Waals surface area contributed by atoms with Crippen LogP contribution in [0.15, 0.2) is 6.07 Å². The summed E-state index contributed by atoms with van der Waals surface area (Å²) in [7, 11) is 7.67. The maximum Gasteiger partial charge on any atom is 0.241 e. The molecule has 10 heteroatoms. The summed E-state index contributed by atoms with van der Waals surface area (Å²) < 4.78 is 22.5. The van der Waals surface area contributed by atoms with Gasteiger partial charge in [0.05, 0.1) is 58.7 Å². The third-order valence-electron chi connectivity index (χ3n) is 8.14. The molecule has 2 N–H and O–H groups in total. The van der Waals surface area contributed by atoms with E-state index < -0.39 is 30.8 Å². The van der Waals surface area contributed by atoms with Crippen LogP contribution in [0.5, 0.6) is 28.7 Å². The number of phenolic OH excluding ortho intramolecular Hbond substituents is 1. The molecule has 1 amide bonds. The van der Waals surface area contributed by atoms with Crippen molar-refractivity contribution >= 4 is 11.7 Å². The van der Waals surface area contributed by atoms with Crippen LogP contribution in [0.3, 0.4) is 0 Å². The van der Waals surface area contributed by atoms with Crippen molar-refractivity contribution in [3.63, 3.8) is 0 Å². The zero-order valence-corrected chi connectivity index (χ0v) is 22.0. The first-order valence-electron chi connectivity index (χ1n) is 12.1. The van der Waals surface area contributed by atoms with Crippen LogP contribution in [0, 0.1) is 13.8 Å². The largest absolute Gasteiger partial charge is 0.504 e. The molecule has 4 atom stereocenters. The van der Waals surface area contributed by atoms with E-state index in [1.165, 1.54) is 33.3 Å². The van der Waals surface area contributed by atoms with Gasteiger partial charge in [-0.3, -0.25) is 14.5 Å². The summed E-state index contributed by atoms with van der Waals surface area (Å²) in [5.74, 6) is 0.589. The number of nitrogens with zero attached hydrogens (tertiary/aromatic N) is 2. The number of aliphatic hydroxyl groups excluding tert-OH is 1. The summed E-state index contributed by atoms with van der Waals surface area (Å²) in [6.07, 6.45) is 0.347. The number of hydrogen-bond acceptors (Lipinski definition) is 9. The smallest absolute Gasteiger partial charge is 0.241 e. The van der Waals surface area contributed by atoms with E-state index in [1.807, 2.05) is 17.9 Å². The first-order chi connectivity index (χ1) is 17.7. The van der Waals surface area contributed by atoms with Gasteiger partial charge in [-0.1, -0.05) is 6.07 Å². The van der Waals surface area contributed by atoms with E-state index in [1.54, 1.807) is 14.0 Å². The Labute approximate surface area is 215 Å². The zero-order valence-electron chi connectivity index (χ0n) is 22.0. The third kappa shape index (κ3) is 3.12. The van der Waals surface area contributed by atoms with Crippen LogP contribution in [0.4, 0.5) is 0 Å². The fourth-order valence-corrected chi connectivity index (χ4v) is 6.64. The highest BCUT2D eigenvalue weighted by atomic mass is 16.5. The van der Waals surface area contributed by atoms with Crippen LogP contribution in [-0.2, 0) is 11.2 Å². The van der Waals surface area contributed by atoms with Crippen LogP contribution in [0.25, 0.3) is 0 Å². The molecule has 1 saturated heterocycles. The van der Waals surface area contributed by atoms with E-state index >= 15 is 0 Å². The molecule has 0 aromatic heterocycles. The standard InChI is InChI=1S/C27H32N2O8/c1-11-8-13-9-14-27(33)29-15(10-30)17-18(24(35-5)12(2)25(36-6)26(17)37-7)21(31)20(29)19(28(14)3)16(13)22(32)23(11)34-4/h8,14-15,19-20,30,32H,9-10H2,1-7H3/t14-,15-,19?,20?/m0/s1. The number of fused-ring (bicyclic) bond motifs is 7. The van der Waals surface area contributed by atoms with Crippen molar-refractivity contribution in [3.8, 4) is 28.7 Å². The van der Waals surface area contributed by atoms with Crippen LogP contribution >= 0.6 is 0 Å².